The first-order valence-corrected chi connectivity index (χ1v) is 7.93. The van der Waals surface area contributed by atoms with E-state index in [1.807, 2.05) is 38.1 Å². The average molecular weight is 319 g/mol. The number of hydrazone groups is 1. The molecule has 0 atom stereocenters. The molecule has 0 spiro atoms. The Morgan fingerprint density at radius 1 is 1.27 bits per heavy atom. The third kappa shape index (κ3) is 3.68. The predicted octanol–water partition coefficient (Wildman–Crippen LogP) is 2.73. The number of nitrogens with zero attached hydrogens (tertiary/aromatic N) is 1. The second-order valence-corrected chi connectivity index (χ2v) is 6.22. The SMILES string of the molecule is CCC(S)(CC)C(=O)Nc1ccc(C2=NNC(=O)CC2)cc1. The predicted molar refractivity (Wildman–Crippen MR) is 91.3 cm³/mol. The van der Waals surface area contributed by atoms with E-state index in [0.29, 0.717) is 25.7 Å². The fraction of sp³-hybridized carbons (Fsp3) is 0.438. The molecule has 0 unspecified atom stereocenters. The van der Waals surface area contributed by atoms with Crippen molar-refractivity contribution < 1.29 is 9.59 Å². The van der Waals surface area contributed by atoms with Gasteiger partial charge in [0.15, 0.2) is 0 Å². The molecule has 0 bridgehead atoms. The van der Waals surface area contributed by atoms with Crippen molar-refractivity contribution in [2.24, 2.45) is 5.10 Å². The van der Waals surface area contributed by atoms with Crippen molar-refractivity contribution in [1.82, 2.24) is 5.43 Å². The number of rotatable bonds is 5. The summed E-state index contributed by atoms with van der Waals surface area (Å²) in [5.74, 6) is -0.146. The molecule has 0 fully saturated rings. The molecular weight excluding hydrogens is 298 g/mol. The summed E-state index contributed by atoms with van der Waals surface area (Å²) in [4.78, 5) is 23.4. The Bertz CT molecular complexity index is 592. The number of thiol groups is 1. The standard InChI is InChI=1S/C16H21N3O2S/c1-3-16(22,4-2)15(21)17-12-7-5-11(6-8-12)13-9-10-14(20)19-18-13/h5-8,22H,3-4,9-10H2,1-2H3,(H,17,21)(H,19,20). The van der Waals surface area contributed by atoms with Crippen LogP contribution in [0.3, 0.4) is 0 Å². The van der Waals surface area contributed by atoms with Gasteiger partial charge in [0.05, 0.1) is 10.5 Å². The first kappa shape index (κ1) is 16.5. The second-order valence-electron chi connectivity index (χ2n) is 5.36. The highest BCUT2D eigenvalue weighted by atomic mass is 32.1. The van der Waals surface area contributed by atoms with E-state index < -0.39 is 4.75 Å². The Morgan fingerprint density at radius 2 is 1.91 bits per heavy atom. The summed E-state index contributed by atoms with van der Waals surface area (Å²) >= 11 is 4.48. The van der Waals surface area contributed by atoms with Gasteiger partial charge in [-0.3, -0.25) is 9.59 Å². The monoisotopic (exact) mass is 319 g/mol. The van der Waals surface area contributed by atoms with Crippen LogP contribution in [0.4, 0.5) is 5.69 Å². The molecule has 0 aliphatic carbocycles. The summed E-state index contributed by atoms with van der Waals surface area (Å²) in [6.07, 6.45) is 2.43. The normalized spacial score (nSPS) is 15.0. The summed E-state index contributed by atoms with van der Waals surface area (Å²) in [6, 6.07) is 7.46. The van der Waals surface area contributed by atoms with Gasteiger partial charge in [-0.1, -0.05) is 26.0 Å². The van der Waals surface area contributed by atoms with Gasteiger partial charge in [-0.15, -0.1) is 0 Å². The van der Waals surface area contributed by atoms with E-state index in [1.54, 1.807) is 0 Å². The summed E-state index contributed by atoms with van der Waals surface area (Å²) in [5.41, 5.74) is 5.01. The minimum absolute atomic E-state index is 0.0584. The van der Waals surface area contributed by atoms with Crippen LogP contribution in [0.2, 0.25) is 0 Å². The van der Waals surface area contributed by atoms with Crippen molar-refractivity contribution in [3.05, 3.63) is 29.8 Å². The maximum Gasteiger partial charge on any atom is 0.240 e. The van der Waals surface area contributed by atoms with Gasteiger partial charge in [0.2, 0.25) is 11.8 Å². The maximum atomic E-state index is 12.3. The molecule has 0 aromatic heterocycles. The lowest BCUT2D eigenvalue weighted by atomic mass is 10.0. The van der Waals surface area contributed by atoms with E-state index in [1.165, 1.54) is 0 Å². The lowest BCUT2D eigenvalue weighted by Gasteiger charge is -2.24. The highest BCUT2D eigenvalue weighted by Crippen LogP contribution is 2.25. The van der Waals surface area contributed by atoms with Crippen LogP contribution in [0.25, 0.3) is 0 Å². The third-order valence-electron chi connectivity index (χ3n) is 3.97. The van der Waals surface area contributed by atoms with Gasteiger partial charge in [-0.25, -0.2) is 5.43 Å². The topological polar surface area (TPSA) is 70.6 Å². The van der Waals surface area contributed by atoms with E-state index in [2.05, 4.69) is 28.5 Å². The molecule has 0 saturated carbocycles. The first-order chi connectivity index (χ1) is 10.5. The van der Waals surface area contributed by atoms with Crippen molar-refractivity contribution in [1.29, 1.82) is 0 Å². The number of benzene rings is 1. The Balaban J connectivity index is 2.06. The van der Waals surface area contributed by atoms with Crippen molar-refractivity contribution in [2.45, 2.75) is 44.3 Å². The van der Waals surface area contributed by atoms with Crippen LogP contribution in [-0.2, 0) is 9.59 Å². The van der Waals surface area contributed by atoms with Gasteiger partial charge in [0.25, 0.3) is 0 Å². The Morgan fingerprint density at radius 3 is 2.41 bits per heavy atom. The number of hydrogen-bond donors (Lipinski definition) is 3. The molecule has 22 heavy (non-hydrogen) atoms. The number of carbonyl (C=O) groups is 2. The number of nitrogens with one attached hydrogen (secondary N) is 2. The molecular formula is C16H21N3O2S. The second kappa shape index (κ2) is 6.96. The molecule has 2 N–H and O–H groups in total. The quantitative estimate of drug-likeness (QED) is 0.730. The molecule has 1 aromatic rings. The minimum Gasteiger partial charge on any atom is -0.325 e. The highest BCUT2D eigenvalue weighted by molar-refractivity contribution is 7.82. The maximum absolute atomic E-state index is 12.3. The summed E-state index contributed by atoms with van der Waals surface area (Å²) in [5, 5.41) is 6.95. The molecule has 5 nitrogen and oxygen atoms in total. The van der Waals surface area contributed by atoms with Crippen LogP contribution in [-0.4, -0.2) is 22.3 Å². The van der Waals surface area contributed by atoms with Crippen LogP contribution in [0, 0.1) is 0 Å². The summed E-state index contributed by atoms with van der Waals surface area (Å²) in [6.45, 7) is 3.91. The van der Waals surface area contributed by atoms with Crippen LogP contribution in [0.5, 0.6) is 0 Å². The lowest BCUT2D eigenvalue weighted by molar-refractivity contribution is -0.121. The third-order valence-corrected chi connectivity index (χ3v) is 4.81. The number of carbonyl (C=O) groups excluding carboxylic acids is 2. The fourth-order valence-corrected chi connectivity index (χ4v) is 2.30. The molecule has 1 aliphatic heterocycles. The van der Waals surface area contributed by atoms with Gasteiger partial charge in [0, 0.05) is 18.5 Å². The van der Waals surface area contributed by atoms with Gasteiger partial charge in [-0.05, 0) is 30.5 Å². The van der Waals surface area contributed by atoms with E-state index in [0.717, 1.165) is 17.0 Å². The summed E-state index contributed by atoms with van der Waals surface area (Å²) < 4.78 is -0.642. The number of amides is 2. The molecule has 2 amide bonds. The molecule has 1 aliphatic rings. The molecule has 0 radical (unpaired) electrons. The first-order valence-electron chi connectivity index (χ1n) is 7.48. The Kier molecular flexibility index (Phi) is 5.24. The Hall–Kier alpha value is -1.82. The van der Waals surface area contributed by atoms with Gasteiger partial charge < -0.3 is 5.32 Å². The van der Waals surface area contributed by atoms with E-state index in [9.17, 15) is 9.59 Å². The highest BCUT2D eigenvalue weighted by Gasteiger charge is 2.30. The minimum atomic E-state index is -0.642. The van der Waals surface area contributed by atoms with Gasteiger partial charge in [-0.2, -0.15) is 17.7 Å². The molecule has 6 heteroatoms. The zero-order valence-electron chi connectivity index (χ0n) is 12.8. The van der Waals surface area contributed by atoms with Gasteiger partial charge in [0.1, 0.15) is 0 Å². The molecule has 118 valence electrons. The molecule has 1 heterocycles. The van der Waals surface area contributed by atoms with Crippen LogP contribution < -0.4 is 10.7 Å². The largest absolute Gasteiger partial charge is 0.325 e. The number of anilines is 1. The van der Waals surface area contributed by atoms with Crippen molar-refractivity contribution in [3.8, 4) is 0 Å². The zero-order valence-corrected chi connectivity index (χ0v) is 13.7. The molecule has 2 rings (SSSR count). The van der Waals surface area contributed by atoms with Crippen molar-refractivity contribution >= 4 is 35.8 Å². The van der Waals surface area contributed by atoms with Gasteiger partial charge >= 0.3 is 0 Å². The number of hydrogen-bond acceptors (Lipinski definition) is 4. The van der Waals surface area contributed by atoms with E-state index in [-0.39, 0.29) is 11.8 Å². The van der Waals surface area contributed by atoms with Crippen molar-refractivity contribution in [2.75, 3.05) is 5.32 Å². The van der Waals surface area contributed by atoms with Crippen LogP contribution in [0.15, 0.2) is 29.4 Å². The molecule has 0 saturated heterocycles. The zero-order chi connectivity index (χ0) is 16.2. The lowest BCUT2D eigenvalue weighted by Crippen LogP contribution is -2.36. The fourth-order valence-electron chi connectivity index (χ4n) is 2.25. The van der Waals surface area contributed by atoms with E-state index >= 15 is 0 Å². The van der Waals surface area contributed by atoms with Crippen LogP contribution >= 0.6 is 12.6 Å². The van der Waals surface area contributed by atoms with Crippen molar-refractivity contribution in [3.63, 3.8) is 0 Å². The Labute approximate surface area is 136 Å². The van der Waals surface area contributed by atoms with Crippen LogP contribution in [0.1, 0.15) is 45.1 Å². The summed E-state index contributed by atoms with van der Waals surface area (Å²) in [7, 11) is 0. The molecule has 1 aromatic carbocycles. The van der Waals surface area contributed by atoms with E-state index in [4.69, 9.17) is 0 Å². The smallest absolute Gasteiger partial charge is 0.240 e. The average Bonchev–Trinajstić information content (AvgIpc) is 2.55.